The molecule has 1 aliphatic heterocycles. The van der Waals surface area contributed by atoms with E-state index in [1.807, 2.05) is 0 Å². The number of benzene rings is 1. The Bertz CT molecular complexity index is 830. The first kappa shape index (κ1) is 15.6. The Morgan fingerprint density at radius 1 is 1.26 bits per heavy atom. The summed E-state index contributed by atoms with van der Waals surface area (Å²) in [6.07, 6.45) is 6.35. The minimum absolute atomic E-state index is 0.150. The summed E-state index contributed by atoms with van der Waals surface area (Å²) in [6, 6.07) is 7.19. The number of hydrogen-bond donors (Lipinski definition) is 0. The summed E-state index contributed by atoms with van der Waals surface area (Å²) in [5.41, 5.74) is 0.234. The highest BCUT2D eigenvalue weighted by atomic mass is 35.5. The molecule has 0 saturated carbocycles. The molecule has 1 aliphatic rings. The van der Waals surface area contributed by atoms with E-state index < -0.39 is 17.0 Å². The van der Waals surface area contributed by atoms with Crippen LogP contribution in [0.3, 0.4) is 0 Å². The Hall–Kier alpha value is -2.31. The quantitative estimate of drug-likeness (QED) is 0.742. The van der Waals surface area contributed by atoms with Gasteiger partial charge in [-0.3, -0.25) is 9.59 Å². The fourth-order valence-corrected chi connectivity index (χ4v) is 2.91. The molecule has 2 aromatic rings. The van der Waals surface area contributed by atoms with Crippen LogP contribution in [0.1, 0.15) is 5.76 Å². The second kappa shape index (κ2) is 6.44. The van der Waals surface area contributed by atoms with Gasteiger partial charge in [-0.05, 0) is 54.2 Å². The Morgan fingerprint density at radius 2 is 2.09 bits per heavy atom. The molecule has 0 N–H and O–H groups in total. The van der Waals surface area contributed by atoms with Crippen LogP contribution in [-0.4, -0.2) is 11.1 Å². The first-order valence-corrected chi connectivity index (χ1v) is 7.69. The Morgan fingerprint density at radius 3 is 2.78 bits per heavy atom. The molecule has 0 aliphatic carbocycles. The maximum atomic E-state index is 13.2. The van der Waals surface area contributed by atoms with Crippen LogP contribution in [-0.2, 0) is 4.79 Å². The molecule has 3 rings (SSSR count). The van der Waals surface area contributed by atoms with Gasteiger partial charge in [0.2, 0.25) is 0 Å². The van der Waals surface area contributed by atoms with Crippen LogP contribution in [0, 0.1) is 5.82 Å². The maximum absolute atomic E-state index is 13.2. The number of halogens is 2. The summed E-state index contributed by atoms with van der Waals surface area (Å²) in [4.78, 5) is 25.6. The SMILES string of the molecule is O=C1S/C(=C/C=C/c2ccco2)C(=O)N1c1ccc(F)c(Cl)c1. The lowest BCUT2D eigenvalue weighted by molar-refractivity contribution is -0.113. The molecular weight excluding hydrogens is 341 g/mol. The van der Waals surface area contributed by atoms with Crippen molar-refractivity contribution in [2.24, 2.45) is 0 Å². The molecule has 0 atom stereocenters. The summed E-state index contributed by atoms with van der Waals surface area (Å²) in [7, 11) is 0. The highest BCUT2D eigenvalue weighted by molar-refractivity contribution is 8.18. The Balaban J connectivity index is 1.83. The molecule has 1 aromatic carbocycles. The zero-order chi connectivity index (χ0) is 16.4. The molecule has 0 spiro atoms. The van der Waals surface area contributed by atoms with Gasteiger partial charge in [-0.15, -0.1) is 0 Å². The molecular formula is C16H9ClFNO3S. The van der Waals surface area contributed by atoms with Gasteiger partial charge in [-0.2, -0.15) is 0 Å². The summed E-state index contributed by atoms with van der Waals surface area (Å²) < 4.78 is 18.3. The van der Waals surface area contributed by atoms with Crippen LogP contribution in [0.2, 0.25) is 5.02 Å². The molecule has 0 bridgehead atoms. The maximum Gasteiger partial charge on any atom is 0.298 e. The largest absolute Gasteiger partial charge is 0.465 e. The van der Waals surface area contributed by atoms with Crippen molar-refractivity contribution < 1.29 is 18.4 Å². The van der Waals surface area contributed by atoms with Crippen molar-refractivity contribution in [2.45, 2.75) is 0 Å². The van der Waals surface area contributed by atoms with Crippen LogP contribution < -0.4 is 4.90 Å². The molecule has 7 heteroatoms. The van der Waals surface area contributed by atoms with Crippen molar-refractivity contribution >= 4 is 46.3 Å². The smallest absolute Gasteiger partial charge is 0.298 e. The van der Waals surface area contributed by atoms with Crippen molar-refractivity contribution in [1.82, 2.24) is 0 Å². The molecule has 4 nitrogen and oxygen atoms in total. The molecule has 1 saturated heterocycles. The minimum Gasteiger partial charge on any atom is -0.465 e. The van der Waals surface area contributed by atoms with Crippen LogP contribution in [0.25, 0.3) is 6.08 Å². The molecule has 1 fully saturated rings. The van der Waals surface area contributed by atoms with E-state index in [0.29, 0.717) is 5.76 Å². The van der Waals surface area contributed by atoms with Gasteiger partial charge in [0.1, 0.15) is 11.6 Å². The van der Waals surface area contributed by atoms with Gasteiger partial charge in [0.05, 0.1) is 21.9 Å². The normalized spacial score (nSPS) is 17.0. The zero-order valence-electron chi connectivity index (χ0n) is 11.5. The second-order valence-corrected chi connectivity index (χ2v) is 5.91. The van der Waals surface area contributed by atoms with E-state index in [1.54, 1.807) is 24.3 Å². The van der Waals surface area contributed by atoms with E-state index in [2.05, 4.69) is 0 Å². The average Bonchev–Trinajstić information content (AvgIpc) is 3.12. The molecule has 116 valence electrons. The number of imide groups is 1. The van der Waals surface area contributed by atoms with E-state index in [9.17, 15) is 14.0 Å². The topological polar surface area (TPSA) is 50.5 Å². The number of carbonyl (C=O) groups is 2. The lowest BCUT2D eigenvalue weighted by atomic mass is 10.2. The standard InChI is InChI=1S/C16H9ClFNO3S/c17-12-9-10(6-7-13(12)18)19-15(20)14(23-16(19)21)5-1-3-11-4-2-8-22-11/h1-9H/b3-1+,14-5+. The number of rotatable bonds is 3. The van der Waals surface area contributed by atoms with Crippen LogP contribution >= 0.6 is 23.4 Å². The molecule has 1 aromatic heterocycles. The molecule has 0 radical (unpaired) electrons. The number of thioether (sulfide) groups is 1. The lowest BCUT2D eigenvalue weighted by Gasteiger charge is -2.12. The van der Waals surface area contributed by atoms with Gasteiger partial charge in [0.25, 0.3) is 11.1 Å². The number of carbonyl (C=O) groups excluding carboxylic acids is 2. The van der Waals surface area contributed by atoms with E-state index in [-0.39, 0.29) is 15.6 Å². The molecule has 2 amide bonds. The zero-order valence-corrected chi connectivity index (χ0v) is 13.1. The highest BCUT2D eigenvalue weighted by Gasteiger charge is 2.36. The minimum atomic E-state index is -0.612. The summed E-state index contributed by atoms with van der Waals surface area (Å²) in [5.74, 6) is -0.461. The third-order valence-electron chi connectivity index (χ3n) is 3.01. The summed E-state index contributed by atoms with van der Waals surface area (Å²) >= 11 is 6.50. The average molecular weight is 350 g/mol. The van der Waals surface area contributed by atoms with Crippen molar-refractivity contribution in [2.75, 3.05) is 4.90 Å². The van der Waals surface area contributed by atoms with E-state index in [1.165, 1.54) is 24.5 Å². The number of amides is 2. The van der Waals surface area contributed by atoms with Gasteiger partial charge in [0.15, 0.2) is 0 Å². The number of nitrogens with zero attached hydrogens (tertiary/aromatic N) is 1. The van der Waals surface area contributed by atoms with E-state index in [4.69, 9.17) is 16.0 Å². The predicted octanol–water partition coefficient (Wildman–Crippen LogP) is 4.87. The monoisotopic (exact) mass is 349 g/mol. The first-order chi connectivity index (χ1) is 11.1. The van der Waals surface area contributed by atoms with Crippen LogP contribution in [0.5, 0.6) is 0 Å². The second-order valence-electron chi connectivity index (χ2n) is 4.51. The van der Waals surface area contributed by atoms with Crippen molar-refractivity contribution in [3.8, 4) is 0 Å². The summed E-state index contributed by atoms with van der Waals surface area (Å²) in [5, 5.41) is -0.612. The summed E-state index contributed by atoms with van der Waals surface area (Å²) in [6.45, 7) is 0. The van der Waals surface area contributed by atoms with Gasteiger partial charge in [-0.1, -0.05) is 17.7 Å². The number of hydrogen-bond acceptors (Lipinski definition) is 4. The van der Waals surface area contributed by atoms with Gasteiger partial charge >= 0.3 is 0 Å². The molecule has 0 unspecified atom stereocenters. The van der Waals surface area contributed by atoms with Crippen molar-refractivity contribution in [1.29, 1.82) is 0 Å². The highest BCUT2D eigenvalue weighted by Crippen LogP contribution is 2.35. The van der Waals surface area contributed by atoms with Crippen molar-refractivity contribution in [3.63, 3.8) is 0 Å². The van der Waals surface area contributed by atoms with Gasteiger partial charge < -0.3 is 4.42 Å². The number of anilines is 1. The lowest BCUT2D eigenvalue weighted by Crippen LogP contribution is -2.27. The van der Waals surface area contributed by atoms with Crippen LogP contribution in [0.4, 0.5) is 14.9 Å². The van der Waals surface area contributed by atoms with Crippen molar-refractivity contribution in [3.05, 3.63) is 70.3 Å². The van der Waals surface area contributed by atoms with Crippen LogP contribution in [0.15, 0.2) is 58.1 Å². The Labute approximate surface area is 140 Å². The number of furan rings is 1. The third-order valence-corrected chi connectivity index (χ3v) is 4.18. The molecule has 23 heavy (non-hydrogen) atoms. The van der Waals surface area contributed by atoms with Gasteiger partial charge in [0, 0.05) is 0 Å². The fraction of sp³-hybridized carbons (Fsp3) is 0. The number of allylic oxidation sites excluding steroid dienone is 2. The Kier molecular flexibility index (Phi) is 4.36. The first-order valence-electron chi connectivity index (χ1n) is 6.49. The third kappa shape index (κ3) is 3.23. The molecule has 2 heterocycles. The fourth-order valence-electron chi connectivity index (χ4n) is 1.95. The van der Waals surface area contributed by atoms with E-state index >= 15 is 0 Å². The predicted molar refractivity (Wildman–Crippen MR) is 87.7 cm³/mol. The van der Waals surface area contributed by atoms with E-state index in [0.717, 1.165) is 22.7 Å². The van der Waals surface area contributed by atoms with Gasteiger partial charge in [-0.25, -0.2) is 9.29 Å².